The lowest BCUT2D eigenvalue weighted by Crippen LogP contribution is -2.18. The molecule has 0 aliphatic heterocycles. The molecule has 1 heterocycles. The maximum Gasteiger partial charge on any atom is 0.120 e. The van der Waals surface area contributed by atoms with Crippen molar-refractivity contribution in [1.29, 1.82) is 0 Å². The average Bonchev–Trinajstić information content (AvgIpc) is 3.04. The maximum absolute atomic E-state index is 5.82. The second-order valence-corrected chi connectivity index (χ2v) is 5.05. The Bertz CT molecular complexity index is 511. The highest BCUT2D eigenvalue weighted by Crippen LogP contribution is 2.29. The molecule has 0 bridgehead atoms. The third kappa shape index (κ3) is 2.52. The van der Waals surface area contributed by atoms with E-state index in [1.54, 1.807) is 0 Å². The summed E-state index contributed by atoms with van der Waals surface area (Å²) in [4.78, 5) is 0. The third-order valence-electron chi connectivity index (χ3n) is 2.98. The molecule has 1 aliphatic carbocycles. The van der Waals surface area contributed by atoms with Crippen LogP contribution in [-0.2, 0) is 0 Å². The molecule has 0 spiro atoms. The van der Waals surface area contributed by atoms with E-state index in [-0.39, 0.29) is 6.04 Å². The molecule has 1 aliphatic rings. The third-order valence-corrected chi connectivity index (χ3v) is 3.50. The predicted molar refractivity (Wildman–Crippen MR) is 70.9 cm³/mol. The van der Waals surface area contributed by atoms with Crippen LogP contribution in [0.25, 0.3) is 0 Å². The second-order valence-electron chi connectivity index (χ2n) is 4.44. The van der Waals surface area contributed by atoms with Gasteiger partial charge < -0.3 is 10.1 Å². The zero-order chi connectivity index (χ0) is 12.4. The molecule has 3 rings (SSSR count). The van der Waals surface area contributed by atoms with Crippen LogP contribution in [0.15, 0.2) is 29.6 Å². The first-order valence-corrected chi connectivity index (χ1v) is 6.91. The van der Waals surface area contributed by atoms with Gasteiger partial charge in [-0.2, -0.15) is 0 Å². The number of nitrogens with zero attached hydrogens (tertiary/aromatic N) is 2. The number of benzene rings is 1. The first-order valence-electron chi connectivity index (χ1n) is 6.07. The monoisotopic (exact) mass is 261 g/mol. The zero-order valence-electron chi connectivity index (χ0n) is 10.2. The van der Waals surface area contributed by atoms with Gasteiger partial charge in [-0.25, -0.2) is 0 Å². The number of aromatic nitrogens is 2. The molecule has 1 aromatic heterocycles. The lowest BCUT2D eigenvalue weighted by molar-refractivity contribution is 0.302. The maximum atomic E-state index is 5.82. The molecule has 2 aromatic rings. The van der Waals surface area contributed by atoms with E-state index < -0.39 is 0 Å². The first-order chi connectivity index (χ1) is 8.86. The Labute approximate surface area is 110 Å². The largest absolute Gasteiger partial charge is 0.490 e. The molecule has 94 valence electrons. The van der Waals surface area contributed by atoms with E-state index in [0.29, 0.717) is 6.10 Å². The zero-order valence-corrected chi connectivity index (χ0v) is 11.0. The van der Waals surface area contributed by atoms with E-state index >= 15 is 0 Å². The Morgan fingerprint density at radius 1 is 1.44 bits per heavy atom. The van der Waals surface area contributed by atoms with Crippen LogP contribution >= 0.6 is 11.5 Å². The van der Waals surface area contributed by atoms with Crippen molar-refractivity contribution >= 4 is 11.5 Å². The van der Waals surface area contributed by atoms with Gasteiger partial charge in [0.1, 0.15) is 5.75 Å². The molecular formula is C13H15N3OS. The molecule has 1 aromatic carbocycles. The van der Waals surface area contributed by atoms with E-state index in [9.17, 15) is 0 Å². The molecule has 1 N–H and O–H groups in total. The van der Waals surface area contributed by atoms with Gasteiger partial charge in [0.25, 0.3) is 0 Å². The molecule has 4 nitrogen and oxygen atoms in total. The van der Waals surface area contributed by atoms with Crippen molar-refractivity contribution in [2.75, 3.05) is 7.05 Å². The highest BCUT2D eigenvalue weighted by atomic mass is 32.1. The van der Waals surface area contributed by atoms with Gasteiger partial charge in [-0.05, 0) is 49.1 Å². The number of nitrogens with one attached hydrogen (secondary N) is 1. The highest BCUT2D eigenvalue weighted by Gasteiger charge is 2.24. The van der Waals surface area contributed by atoms with E-state index in [1.807, 2.05) is 24.6 Å². The van der Waals surface area contributed by atoms with Crippen LogP contribution in [0, 0.1) is 0 Å². The topological polar surface area (TPSA) is 47.0 Å². The summed E-state index contributed by atoms with van der Waals surface area (Å²) in [5.41, 5.74) is 2.11. The van der Waals surface area contributed by atoms with Crippen molar-refractivity contribution < 1.29 is 4.74 Å². The van der Waals surface area contributed by atoms with E-state index in [1.165, 1.54) is 24.4 Å². The molecule has 1 fully saturated rings. The van der Waals surface area contributed by atoms with Gasteiger partial charge in [0, 0.05) is 5.38 Å². The van der Waals surface area contributed by atoms with E-state index in [2.05, 4.69) is 27.0 Å². The highest BCUT2D eigenvalue weighted by molar-refractivity contribution is 7.03. The summed E-state index contributed by atoms with van der Waals surface area (Å²) < 4.78 is 9.73. The van der Waals surface area contributed by atoms with Gasteiger partial charge >= 0.3 is 0 Å². The Morgan fingerprint density at radius 2 is 2.33 bits per heavy atom. The minimum absolute atomic E-state index is 0.0755. The Morgan fingerprint density at radius 3 is 3.00 bits per heavy atom. The van der Waals surface area contributed by atoms with Gasteiger partial charge in [-0.1, -0.05) is 16.6 Å². The van der Waals surface area contributed by atoms with Gasteiger partial charge in [0.05, 0.1) is 17.8 Å². The lowest BCUT2D eigenvalue weighted by Gasteiger charge is -2.15. The van der Waals surface area contributed by atoms with Crippen LogP contribution in [-0.4, -0.2) is 22.7 Å². The van der Waals surface area contributed by atoms with Crippen molar-refractivity contribution in [3.63, 3.8) is 0 Å². The predicted octanol–water partition coefficient (Wildman–Crippen LogP) is 2.39. The number of ether oxygens (including phenoxy) is 1. The smallest absolute Gasteiger partial charge is 0.120 e. The molecule has 1 unspecified atom stereocenters. The molecule has 5 heteroatoms. The fourth-order valence-electron chi connectivity index (χ4n) is 1.93. The summed E-state index contributed by atoms with van der Waals surface area (Å²) in [5, 5.41) is 9.37. The van der Waals surface area contributed by atoms with Gasteiger partial charge in [0.2, 0.25) is 0 Å². The SMILES string of the molecule is CNC(c1cccc(OC2CC2)c1)c1csnn1. The van der Waals surface area contributed by atoms with Crippen molar-refractivity contribution in [1.82, 2.24) is 14.9 Å². The molecular weight excluding hydrogens is 246 g/mol. The molecule has 1 saturated carbocycles. The molecule has 0 amide bonds. The van der Waals surface area contributed by atoms with Gasteiger partial charge in [-0.3, -0.25) is 0 Å². The van der Waals surface area contributed by atoms with Crippen LogP contribution in [0.5, 0.6) is 5.75 Å². The number of rotatable bonds is 5. The minimum atomic E-state index is 0.0755. The number of hydrogen-bond acceptors (Lipinski definition) is 5. The van der Waals surface area contributed by atoms with Crippen LogP contribution in [0.1, 0.15) is 30.1 Å². The van der Waals surface area contributed by atoms with Crippen LogP contribution in [0.3, 0.4) is 0 Å². The van der Waals surface area contributed by atoms with Crippen LogP contribution in [0.4, 0.5) is 0 Å². The van der Waals surface area contributed by atoms with Crippen molar-refractivity contribution in [2.45, 2.75) is 25.0 Å². The Kier molecular flexibility index (Phi) is 3.25. The van der Waals surface area contributed by atoms with Crippen LogP contribution < -0.4 is 10.1 Å². The molecule has 1 atom stereocenters. The summed E-state index contributed by atoms with van der Waals surface area (Å²) in [5.74, 6) is 0.943. The van der Waals surface area contributed by atoms with Gasteiger partial charge in [0.15, 0.2) is 0 Å². The van der Waals surface area contributed by atoms with E-state index in [0.717, 1.165) is 17.0 Å². The molecule has 0 radical (unpaired) electrons. The van der Waals surface area contributed by atoms with Crippen molar-refractivity contribution in [2.24, 2.45) is 0 Å². The van der Waals surface area contributed by atoms with Crippen LogP contribution in [0.2, 0.25) is 0 Å². The summed E-state index contributed by atoms with van der Waals surface area (Å²) in [6, 6.07) is 8.27. The van der Waals surface area contributed by atoms with Crippen molar-refractivity contribution in [3.05, 3.63) is 40.9 Å². The minimum Gasteiger partial charge on any atom is -0.490 e. The summed E-state index contributed by atoms with van der Waals surface area (Å²) in [7, 11) is 1.93. The fraction of sp³-hybridized carbons (Fsp3) is 0.385. The quantitative estimate of drug-likeness (QED) is 0.897. The second kappa shape index (κ2) is 5.04. The normalized spacial score (nSPS) is 16.5. The van der Waals surface area contributed by atoms with E-state index in [4.69, 9.17) is 4.74 Å². The first kappa shape index (κ1) is 11.6. The summed E-state index contributed by atoms with van der Waals surface area (Å²) in [6.07, 6.45) is 2.78. The Hall–Kier alpha value is -1.46. The fourth-order valence-corrected chi connectivity index (χ4v) is 2.41. The standard InChI is InChI=1S/C13H15N3OS/c1-14-13(12-8-18-16-15-12)9-3-2-4-11(7-9)17-10-5-6-10/h2-4,7-8,10,13-14H,5-6H2,1H3. The van der Waals surface area contributed by atoms with Gasteiger partial charge in [-0.15, -0.1) is 5.10 Å². The Balaban J connectivity index is 1.84. The average molecular weight is 261 g/mol. The molecule has 18 heavy (non-hydrogen) atoms. The molecule has 0 saturated heterocycles. The summed E-state index contributed by atoms with van der Waals surface area (Å²) in [6.45, 7) is 0. The summed E-state index contributed by atoms with van der Waals surface area (Å²) >= 11 is 1.37. The van der Waals surface area contributed by atoms with Crippen molar-refractivity contribution in [3.8, 4) is 5.75 Å². The number of hydrogen-bond donors (Lipinski definition) is 1. The lowest BCUT2D eigenvalue weighted by atomic mass is 10.0.